The topological polar surface area (TPSA) is 133 Å². The van der Waals surface area contributed by atoms with Gasteiger partial charge in [0.15, 0.2) is 0 Å². The number of hydrogen-bond acceptors (Lipinski definition) is 11. The average molecular weight is 637 g/mol. The molecule has 1 aliphatic rings. The zero-order valence-electron chi connectivity index (χ0n) is 26.6. The van der Waals surface area contributed by atoms with Gasteiger partial charge in [-0.05, 0) is 48.9 Å². The van der Waals surface area contributed by atoms with Gasteiger partial charge in [-0.3, -0.25) is 14.8 Å². The molecule has 0 amide bonds. The summed E-state index contributed by atoms with van der Waals surface area (Å²) < 4.78 is 28.5. The Morgan fingerprint density at radius 2 is 1.37 bits per heavy atom. The molecule has 0 radical (unpaired) electrons. The molecule has 0 saturated carbocycles. The van der Waals surface area contributed by atoms with Gasteiger partial charge in [0.05, 0.1) is 83.0 Å². The number of carbonyl (C=O) groups excluding carboxylic acids is 1. The van der Waals surface area contributed by atoms with Crippen LogP contribution in [0.15, 0.2) is 60.7 Å². The van der Waals surface area contributed by atoms with Crippen LogP contribution in [0.25, 0.3) is 0 Å². The monoisotopic (exact) mass is 636 g/mol. The maximum atomic E-state index is 11.9. The molecule has 2 aromatic heterocycles. The number of carboxylic acid groups (broad SMARTS) is 1. The molecule has 0 spiro atoms. The Bertz CT molecular complexity index is 1350. The van der Waals surface area contributed by atoms with E-state index in [-0.39, 0.29) is 17.3 Å². The summed E-state index contributed by atoms with van der Waals surface area (Å²) in [5, 5.41) is 9.42. The second-order valence-corrected chi connectivity index (χ2v) is 10.8. The number of hydrogen-bond donors (Lipinski definition) is 1. The first kappa shape index (κ1) is 35.1. The molecule has 3 aromatic rings. The van der Waals surface area contributed by atoms with E-state index in [1.807, 2.05) is 43.3 Å². The summed E-state index contributed by atoms with van der Waals surface area (Å²) in [6, 6.07) is 18.0. The number of aromatic carboxylic acids is 1. The summed E-state index contributed by atoms with van der Waals surface area (Å²) in [6.07, 6.45) is 0. The average Bonchev–Trinajstić information content (AvgIpc) is 3.06. The number of aromatic nitrogens is 2. The molecular formula is C34H44N4O8. The number of aryl methyl sites for hydroxylation is 1. The van der Waals surface area contributed by atoms with E-state index in [1.165, 1.54) is 7.11 Å². The van der Waals surface area contributed by atoms with Gasteiger partial charge in [-0.15, -0.1) is 0 Å². The Labute approximate surface area is 270 Å². The second-order valence-electron chi connectivity index (χ2n) is 10.8. The smallest absolute Gasteiger partial charge is 0.356 e. The molecule has 0 bridgehead atoms. The van der Waals surface area contributed by atoms with Crippen molar-refractivity contribution in [3.8, 4) is 0 Å². The quantitative estimate of drug-likeness (QED) is 0.382. The van der Waals surface area contributed by atoms with Crippen LogP contribution in [0.5, 0.6) is 0 Å². The number of carboxylic acids is 1. The standard InChI is InChI=1S/C34H44N4O8/c1-26-5-3-7-30(35-26)32(27-9-11-28(12-10-27)33(39)40)38-15-19-45-23-21-43-17-13-37(14-18-44-22-24-46-20-16-38)25-29-6-4-8-31(36-29)34(41)42-2/h3-12,32H,13-25H2,1-2H3,(H,39,40). The highest BCUT2D eigenvalue weighted by Gasteiger charge is 2.24. The van der Waals surface area contributed by atoms with Gasteiger partial charge in [-0.2, -0.15) is 0 Å². The first-order valence-corrected chi connectivity index (χ1v) is 15.5. The molecular weight excluding hydrogens is 592 g/mol. The molecule has 1 N–H and O–H groups in total. The largest absolute Gasteiger partial charge is 0.478 e. The van der Waals surface area contributed by atoms with E-state index in [4.69, 9.17) is 28.7 Å². The molecule has 3 heterocycles. The minimum absolute atomic E-state index is 0.221. The zero-order chi connectivity index (χ0) is 32.6. The number of nitrogens with zero attached hydrogens (tertiary/aromatic N) is 4. The normalized spacial score (nSPS) is 17.8. The van der Waals surface area contributed by atoms with Crippen molar-refractivity contribution >= 4 is 11.9 Å². The molecule has 12 nitrogen and oxygen atoms in total. The number of carbonyl (C=O) groups is 2. The fourth-order valence-corrected chi connectivity index (χ4v) is 5.14. The van der Waals surface area contributed by atoms with Crippen molar-refractivity contribution in [1.82, 2.24) is 19.8 Å². The summed E-state index contributed by atoms with van der Waals surface area (Å²) in [7, 11) is 1.34. The SMILES string of the molecule is COC(=O)c1cccc(CN2CCOCCOCCN(C(c3ccc(C(=O)O)cc3)c3cccc(C)n3)CCOCCOCC2)n1. The molecule has 12 heteroatoms. The third-order valence-corrected chi connectivity index (χ3v) is 7.51. The molecule has 1 atom stereocenters. The fraction of sp³-hybridized carbons (Fsp3) is 0.471. The van der Waals surface area contributed by atoms with Crippen molar-refractivity contribution in [2.45, 2.75) is 19.5 Å². The van der Waals surface area contributed by atoms with E-state index in [1.54, 1.807) is 24.3 Å². The second kappa shape index (κ2) is 19.0. The van der Waals surface area contributed by atoms with Crippen molar-refractivity contribution in [1.29, 1.82) is 0 Å². The number of methoxy groups -OCH3 is 1. The molecule has 1 aliphatic heterocycles. The number of esters is 1. The Balaban J connectivity index is 1.38. The molecule has 0 aliphatic carbocycles. The van der Waals surface area contributed by atoms with Crippen molar-refractivity contribution in [2.24, 2.45) is 0 Å². The minimum Gasteiger partial charge on any atom is -0.478 e. The summed E-state index contributed by atoms with van der Waals surface area (Å²) in [5.41, 5.74) is 3.98. The van der Waals surface area contributed by atoms with Crippen LogP contribution < -0.4 is 0 Å². The van der Waals surface area contributed by atoms with E-state index < -0.39 is 11.9 Å². The highest BCUT2D eigenvalue weighted by molar-refractivity contribution is 5.87. The predicted octanol–water partition coefficient (Wildman–Crippen LogP) is 3.24. The first-order chi connectivity index (χ1) is 22.4. The van der Waals surface area contributed by atoms with Crippen LogP contribution in [0.1, 0.15) is 49.5 Å². The summed E-state index contributed by atoms with van der Waals surface area (Å²) in [5.74, 6) is -1.43. The Hall–Kier alpha value is -3.78. The maximum absolute atomic E-state index is 11.9. The number of pyridine rings is 2. The molecule has 1 unspecified atom stereocenters. The Kier molecular flexibility index (Phi) is 14.5. The van der Waals surface area contributed by atoms with Gasteiger partial charge in [-0.25, -0.2) is 14.6 Å². The molecule has 1 fully saturated rings. The van der Waals surface area contributed by atoms with Crippen molar-refractivity contribution < 1.29 is 38.4 Å². The van der Waals surface area contributed by atoms with Crippen LogP contribution in [0, 0.1) is 6.92 Å². The molecule has 1 aromatic carbocycles. The molecule has 46 heavy (non-hydrogen) atoms. The maximum Gasteiger partial charge on any atom is 0.356 e. The van der Waals surface area contributed by atoms with Gasteiger partial charge < -0.3 is 28.8 Å². The summed E-state index contributed by atoms with van der Waals surface area (Å²) >= 11 is 0. The van der Waals surface area contributed by atoms with E-state index >= 15 is 0 Å². The van der Waals surface area contributed by atoms with Gasteiger partial charge in [-0.1, -0.05) is 24.3 Å². The van der Waals surface area contributed by atoms with E-state index in [0.29, 0.717) is 85.6 Å². The third-order valence-electron chi connectivity index (χ3n) is 7.51. The lowest BCUT2D eigenvalue weighted by Crippen LogP contribution is -2.36. The van der Waals surface area contributed by atoms with Gasteiger partial charge in [0, 0.05) is 38.4 Å². The van der Waals surface area contributed by atoms with Crippen molar-refractivity contribution in [3.05, 3.63) is 94.6 Å². The zero-order valence-corrected chi connectivity index (χ0v) is 26.6. The van der Waals surface area contributed by atoms with Crippen LogP contribution in [0.3, 0.4) is 0 Å². The fourth-order valence-electron chi connectivity index (χ4n) is 5.14. The van der Waals surface area contributed by atoms with Crippen LogP contribution in [-0.2, 0) is 30.2 Å². The number of rotatable bonds is 7. The van der Waals surface area contributed by atoms with Crippen molar-refractivity contribution in [2.75, 3.05) is 86.1 Å². The lowest BCUT2D eigenvalue weighted by molar-refractivity contribution is 0.00331. The number of benzene rings is 1. The molecule has 248 valence electrons. The van der Waals surface area contributed by atoms with Gasteiger partial charge >= 0.3 is 11.9 Å². The molecule has 1 saturated heterocycles. The van der Waals surface area contributed by atoms with Crippen LogP contribution in [0.2, 0.25) is 0 Å². The minimum atomic E-state index is -0.963. The van der Waals surface area contributed by atoms with Gasteiger partial charge in [0.25, 0.3) is 0 Å². The van der Waals surface area contributed by atoms with Crippen molar-refractivity contribution in [3.63, 3.8) is 0 Å². The van der Waals surface area contributed by atoms with Crippen LogP contribution in [0.4, 0.5) is 0 Å². The van der Waals surface area contributed by atoms with Crippen LogP contribution >= 0.6 is 0 Å². The third kappa shape index (κ3) is 11.2. The van der Waals surface area contributed by atoms with Gasteiger partial charge in [0.2, 0.25) is 0 Å². The summed E-state index contributed by atoms with van der Waals surface area (Å²) in [6.45, 7) is 8.73. The van der Waals surface area contributed by atoms with E-state index in [0.717, 1.165) is 22.6 Å². The van der Waals surface area contributed by atoms with E-state index in [9.17, 15) is 14.7 Å². The number of ether oxygens (including phenoxy) is 5. The van der Waals surface area contributed by atoms with Crippen LogP contribution in [-0.4, -0.2) is 123 Å². The van der Waals surface area contributed by atoms with E-state index in [2.05, 4.69) is 14.8 Å². The highest BCUT2D eigenvalue weighted by Crippen LogP contribution is 2.28. The highest BCUT2D eigenvalue weighted by atomic mass is 16.5. The predicted molar refractivity (Wildman–Crippen MR) is 170 cm³/mol. The van der Waals surface area contributed by atoms with Gasteiger partial charge in [0.1, 0.15) is 5.69 Å². The Morgan fingerprint density at radius 3 is 1.93 bits per heavy atom. The summed E-state index contributed by atoms with van der Waals surface area (Å²) in [4.78, 5) is 37.1. The Morgan fingerprint density at radius 1 is 0.783 bits per heavy atom. The lowest BCUT2D eigenvalue weighted by atomic mass is 9.99. The molecule has 4 rings (SSSR count). The first-order valence-electron chi connectivity index (χ1n) is 15.5. The lowest BCUT2D eigenvalue weighted by Gasteiger charge is -2.32.